The second-order valence-corrected chi connectivity index (χ2v) is 7.51. The second kappa shape index (κ2) is 8.85. The van der Waals surface area contributed by atoms with Crippen molar-refractivity contribution in [3.63, 3.8) is 0 Å². The minimum absolute atomic E-state index is 0.703. The molecular weight excluding hydrogens is 358 g/mol. The molecule has 0 saturated carbocycles. The molecule has 1 aliphatic rings. The number of likely N-dealkylation sites (tertiary alicyclic amines) is 1. The lowest BCUT2D eigenvalue weighted by Crippen LogP contribution is -2.37. The van der Waals surface area contributed by atoms with Crippen LogP contribution in [0.15, 0.2) is 22.7 Å². The first-order valence-electron chi connectivity index (χ1n) is 8.08. The highest BCUT2D eigenvalue weighted by Crippen LogP contribution is 2.20. The summed E-state index contributed by atoms with van der Waals surface area (Å²) in [5, 5.41) is 7.24. The molecule has 1 heterocycles. The molecule has 2 N–H and O–H groups in total. The van der Waals surface area contributed by atoms with Gasteiger partial charge in [0.1, 0.15) is 0 Å². The molecule has 22 heavy (non-hydrogen) atoms. The number of piperidine rings is 1. The molecule has 1 atom stereocenters. The Hall–Kier alpha value is -0.650. The average Bonchev–Trinajstić information content (AvgIpc) is 2.48. The quantitative estimate of drug-likeness (QED) is 0.589. The molecule has 1 aromatic rings. The van der Waals surface area contributed by atoms with Crippen molar-refractivity contribution in [2.45, 2.75) is 33.1 Å². The van der Waals surface area contributed by atoms with Crippen LogP contribution in [0.5, 0.6) is 0 Å². The highest BCUT2D eigenvalue weighted by Gasteiger charge is 2.15. The fraction of sp³-hybridized carbons (Fsp3) is 0.588. The van der Waals surface area contributed by atoms with Crippen LogP contribution in [0.3, 0.4) is 0 Å². The third-order valence-electron chi connectivity index (χ3n) is 4.09. The van der Waals surface area contributed by atoms with Gasteiger partial charge in [0.2, 0.25) is 0 Å². The molecule has 0 amide bonds. The number of anilines is 1. The molecule has 0 radical (unpaired) electrons. The van der Waals surface area contributed by atoms with E-state index in [9.17, 15) is 0 Å². The topological polar surface area (TPSA) is 27.3 Å². The fourth-order valence-corrected chi connectivity index (χ4v) is 3.36. The van der Waals surface area contributed by atoms with Crippen LogP contribution < -0.4 is 10.6 Å². The molecule has 1 saturated heterocycles. The first-order chi connectivity index (χ1) is 10.5. The maximum Gasteiger partial charge on any atom is 0.170 e. The van der Waals surface area contributed by atoms with Gasteiger partial charge in [0, 0.05) is 23.2 Å². The molecule has 1 aliphatic heterocycles. The lowest BCUT2D eigenvalue weighted by molar-refractivity contribution is 0.182. The van der Waals surface area contributed by atoms with Gasteiger partial charge in [-0.2, -0.15) is 0 Å². The average molecular weight is 384 g/mol. The Kier molecular flexibility index (Phi) is 7.12. The number of hydrogen-bond donors (Lipinski definition) is 2. The smallest absolute Gasteiger partial charge is 0.170 e. The highest BCUT2D eigenvalue weighted by molar-refractivity contribution is 9.10. The second-order valence-electron chi connectivity index (χ2n) is 6.25. The van der Waals surface area contributed by atoms with Crippen LogP contribution in [-0.2, 0) is 0 Å². The van der Waals surface area contributed by atoms with Gasteiger partial charge in [-0.05, 0) is 81.2 Å². The number of benzene rings is 1. The van der Waals surface area contributed by atoms with Crippen LogP contribution >= 0.6 is 28.1 Å². The predicted molar refractivity (Wildman–Crippen MR) is 103 cm³/mol. The zero-order valence-corrected chi connectivity index (χ0v) is 15.9. The summed E-state index contributed by atoms with van der Waals surface area (Å²) < 4.78 is 1.12. The van der Waals surface area contributed by atoms with Gasteiger partial charge in [-0.25, -0.2) is 0 Å². The minimum Gasteiger partial charge on any atom is -0.362 e. The van der Waals surface area contributed by atoms with E-state index >= 15 is 0 Å². The van der Waals surface area contributed by atoms with Crippen LogP contribution in [0, 0.1) is 12.8 Å². The Morgan fingerprint density at radius 1 is 1.45 bits per heavy atom. The van der Waals surface area contributed by atoms with Gasteiger partial charge in [0.05, 0.1) is 0 Å². The van der Waals surface area contributed by atoms with Crippen molar-refractivity contribution in [2.75, 3.05) is 31.5 Å². The monoisotopic (exact) mass is 383 g/mol. The zero-order chi connectivity index (χ0) is 15.9. The van der Waals surface area contributed by atoms with E-state index in [0.29, 0.717) is 5.11 Å². The molecule has 1 aromatic carbocycles. The maximum absolute atomic E-state index is 5.35. The van der Waals surface area contributed by atoms with Crippen molar-refractivity contribution in [3.05, 3.63) is 28.2 Å². The number of nitrogens with zero attached hydrogens (tertiary/aromatic N) is 1. The van der Waals surface area contributed by atoms with Gasteiger partial charge in [0.15, 0.2) is 5.11 Å². The van der Waals surface area contributed by atoms with Gasteiger partial charge in [-0.15, -0.1) is 0 Å². The van der Waals surface area contributed by atoms with Crippen LogP contribution in [0.1, 0.15) is 31.7 Å². The summed E-state index contributed by atoms with van der Waals surface area (Å²) in [6.07, 6.45) is 3.86. The molecule has 0 spiro atoms. The highest BCUT2D eigenvalue weighted by atomic mass is 79.9. The number of nitrogens with one attached hydrogen (secondary N) is 2. The molecule has 5 heteroatoms. The van der Waals surface area contributed by atoms with Gasteiger partial charge < -0.3 is 15.5 Å². The van der Waals surface area contributed by atoms with Crippen molar-refractivity contribution < 1.29 is 0 Å². The Morgan fingerprint density at radius 2 is 2.27 bits per heavy atom. The first-order valence-corrected chi connectivity index (χ1v) is 9.28. The summed E-state index contributed by atoms with van der Waals surface area (Å²) in [4.78, 5) is 2.57. The zero-order valence-electron chi connectivity index (χ0n) is 13.5. The summed E-state index contributed by atoms with van der Waals surface area (Å²) in [5.74, 6) is 0.852. The first kappa shape index (κ1) is 17.7. The molecule has 1 fully saturated rings. The van der Waals surface area contributed by atoms with E-state index in [4.69, 9.17) is 12.2 Å². The van der Waals surface area contributed by atoms with E-state index in [0.717, 1.165) is 35.6 Å². The molecule has 3 nitrogen and oxygen atoms in total. The Morgan fingerprint density at radius 3 is 3.00 bits per heavy atom. The van der Waals surface area contributed by atoms with E-state index in [1.807, 2.05) is 12.1 Å². The summed E-state index contributed by atoms with van der Waals surface area (Å²) in [6.45, 7) is 9.02. The minimum atomic E-state index is 0.703. The van der Waals surface area contributed by atoms with Crippen LogP contribution in [0.4, 0.5) is 5.69 Å². The van der Waals surface area contributed by atoms with Crippen molar-refractivity contribution >= 4 is 38.9 Å². The van der Waals surface area contributed by atoms with E-state index in [1.165, 1.54) is 31.5 Å². The van der Waals surface area contributed by atoms with Gasteiger partial charge in [-0.1, -0.05) is 22.9 Å². The summed E-state index contributed by atoms with van der Waals surface area (Å²) in [5.41, 5.74) is 2.23. The van der Waals surface area contributed by atoms with Crippen LogP contribution in [0.2, 0.25) is 0 Å². The third kappa shape index (κ3) is 5.86. The van der Waals surface area contributed by atoms with E-state index in [2.05, 4.69) is 51.4 Å². The van der Waals surface area contributed by atoms with E-state index in [1.54, 1.807) is 0 Å². The molecule has 0 aromatic heterocycles. The lowest BCUT2D eigenvalue weighted by atomic mass is 10.0. The fourth-order valence-electron chi connectivity index (χ4n) is 2.89. The SMILES string of the molecule is Cc1cc(NC(=S)NCCCN2CCCC(C)C2)ccc1Br. The van der Waals surface area contributed by atoms with Crippen molar-refractivity contribution in [2.24, 2.45) is 5.92 Å². The Bertz CT molecular complexity index is 507. The van der Waals surface area contributed by atoms with Gasteiger partial charge in [-0.3, -0.25) is 0 Å². The lowest BCUT2D eigenvalue weighted by Gasteiger charge is -2.30. The number of thiocarbonyl (C=S) groups is 1. The molecular formula is C17H26BrN3S. The standard InChI is InChI=1S/C17H26BrN3S/c1-13-5-3-9-21(12-13)10-4-8-19-17(22)20-15-6-7-16(18)14(2)11-15/h6-7,11,13H,3-5,8-10,12H2,1-2H3,(H2,19,20,22). The van der Waals surface area contributed by atoms with Gasteiger partial charge >= 0.3 is 0 Å². The van der Waals surface area contributed by atoms with Crippen molar-refractivity contribution in [3.8, 4) is 0 Å². The normalized spacial score (nSPS) is 19.0. The third-order valence-corrected chi connectivity index (χ3v) is 5.23. The summed E-state index contributed by atoms with van der Waals surface area (Å²) in [6, 6.07) is 6.16. The van der Waals surface area contributed by atoms with Gasteiger partial charge in [0.25, 0.3) is 0 Å². The maximum atomic E-state index is 5.35. The molecule has 0 aliphatic carbocycles. The predicted octanol–water partition coefficient (Wildman–Crippen LogP) is 4.17. The van der Waals surface area contributed by atoms with E-state index in [-0.39, 0.29) is 0 Å². The van der Waals surface area contributed by atoms with Crippen molar-refractivity contribution in [1.82, 2.24) is 10.2 Å². The number of halogens is 1. The van der Waals surface area contributed by atoms with Crippen LogP contribution in [-0.4, -0.2) is 36.2 Å². The molecule has 0 bridgehead atoms. The Balaban J connectivity index is 1.64. The Labute approximate surface area is 148 Å². The summed E-state index contributed by atoms with van der Waals surface area (Å²) in [7, 11) is 0. The van der Waals surface area contributed by atoms with Crippen molar-refractivity contribution in [1.29, 1.82) is 0 Å². The van der Waals surface area contributed by atoms with Crippen LogP contribution in [0.25, 0.3) is 0 Å². The summed E-state index contributed by atoms with van der Waals surface area (Å²) >= 11 is 8.86. The largest absolute Gasteiger partial charge is 0.362 e. The molecule has 1 unspecified atom stereocenters. The number of aryl methyl sites for hydroxylation is 1. The molecule has 122 valence electrons. The molecule has 2 rings (SSSR count). The number of hydrogen-bond acceptors (Lipinski definition) is 2. The number of rotatable bonds is 5. The van der Waals surface area contributed by atoms with E-state index < -0.39 is 0 Å².